The Morgan fingerprint density at radius 1 is 1.06 bits per heavy atom. The molecule has 2 rings (SSSR count). The minimum absolute atomic E-state index is 0.151. The van der Waals surface area contributed by atoms with E-state index < -0.39 is 6.04 Å². The lowest BCUT2D eigenvalue weighted by molar-refractivity contribution is -0.143. The van der Waals surface area contributed by atoms with Crippen molar-refractivity contribution in [3.63, 3.8) is 0 Å². The molecular weight excluding hydrogens is 447 g/mol. The second kappa shape index (κ2) is 12.7. The summed E-state index contributed by atoms with van der Waals surface area (Å²) in [5, 5.41) is 4.25. The van der Waals surface area contributed by atoms with Gasteiger partial charge in [0.2, 0.25) is 5.91 Å². The summed E-state index contributed by atoms with van der Waals surface area (Å²) in [5.74, 6) is 0.161. The highest BCUT2D eigenvalue weighted by Gasteiger charge is 2.28. The van der Waals surface area contributed by atoms with Crippen molar-refractivity contribution in [1.82, 2.24) is 10.2 Å². The van der Waals surface area contributed by atoms with E-state index in [1.165, 1.54) is 0 Å². The number of carbonyl (C=O) groups is 2. The Labute approximate surface area is 201 Å². The average molecular weight is 479 g/mol. The minimum Gasteiger partial charge on any atom is -0.484 e. The summed E-state index contributed by atoms with van der Waals surface area (Å²) >= 11 is 12.2. The topological polar surface area (TPSA) is 58.6 Å². The highest BCUT2D eigenvalue weighted by molar-refractivity contribution is 6.32. The number of hydrogen-bond donors (Lipinski definition) is 1. The molecule has 0 aliphatic rings. The van der Waals surface area contributed by atoms with Crippen LogP contribution in [0.2, 0.25) is 10.0 Å². The standard InChI is InChI=1S/C25H32Cl2N2O3/c1-5-7-12-28-25(31)22(6-2)29(15-19-8-10-20(26)11-9-19)23(30)16-32-21-13-17(3)24(27)18(4)14-21/h8-11,13-14,22H,5-7,12,15-16H2,1-4H3,(H,28,31)/t22-/m0/s1. The predicted octanol–water partition coefficient (Wildman–Crippen LogP) is 5.71. The van der Waals surface area contributed by atoms with Gasteiger partial charge in [-0.2, -0.15) is 0 Å². The summed E-state index contributed by atoms with van der Waals surface area (Å²) in [7, 11) is 0. The number of amides is 2. The summed E-state index contributed by atoms with van der Waals surface area (Å²) in [6.07, 6.45) is 2.38. The van der Waals surface area contributed by atoms with Gasteiger partial charge in [-0.15, -0.1) is 0 Å². The number of hydrogen-bond acceptors (Lipinski definition) is 3. The molecule has 0 aliphatic carbocycles. The highest BCUT2D eigenvalue weighted by Crippen LogP contribution is 2.26. The van der Waals surface area contributed by atoms with Crippen LogP contribution >= 0.6 is 23.2 Å². The number of unbranched alkanes of at least 4 members (excludes halogenated alkanes) is 1. The number of carbonyl (C=O) groups excluding carboxylic acids is 2. The van der Waals surface area contributed by atoms with Crippen molar-refractivity contribution in [1.29, 1.82) is 0 Å². The van der Waals surface area contributed by atoms with Gasteiger partial charge >= 0.3 is 0 Å². The monoisotopic (exact) mass is 478 g/mol. The summed E-state index contributed by atoms with van der Waals surface area (Å²) in [5.41, 5.74) is 2.66. The Morgan fingerprint density at radius 2 is 1.69 bits per heavy atom. The molecule has 1 N–H and O–H groups in total. The maximum atomic E-state index is 13.2. The van der Waals surface area contributed by atoms with Crippen LogP contribution in [-0.2, 0) is 16.1 Å². The molecule has 32 heavy (non-hydrogen) atoms. The normalized spacial score (nSPS) is 11.7. The van der Waals surface area contributed by atoms with Gasteiger partial charge in [0.05, 0.1) is 0 Å². The Kier molecular flexibility index (Phi) is 10.3. The van der Waals surface area contributed by atoms with Crippen LogP contribution in [0.15, 0.2) is 36.4 Å². The summed E-state index contributed by atoms with van der Waals surface area (Å²) in [4.78, 5) is 27.7. The molecule has 0 heterocycles. The molecule has 0 spiro atoms. The van der Waals surface area contributed by atoms with Crippen LogP contribution in [0.1, 0.15) is 49.8 Å². The lowest BCUT2D eigenvalue weighted by Gasteiger charge is -2.30. The first kappa shape index (κ1) is 26.0. The predicted molar refractivity (Wildman–Crippen MR) is 130 cm³/mol. The van der Waals surface area contributed by atoms with E-state index in [4.69, 9.17) is 27.9 Å². The number of halogens is 2. The fourth-order valence-corrected chi connectivity index (χ4v) is 3.66. The average Bonchev–Trinajstić information content (AvgIpc) is 2.77. The van der Waals surface area contributed by atoms with Crippen molar-refractivity contribution < 1.29 is 14.3 Å². The molecule has 0 aliphatic heterocycles. The molecule has 1 atom stereocenters. The first-order valence-corrected chi connectivity index (χ1v) is 11.7. The lowest BCUT2D eigenvalue weighted by atomic mass is 10.1. The van der Waals surface area contributed by atoms with Crippen LogP contribution in [0.5, 0.6) is 5.75 Å². The van der Waals surface area contributed by atoms with E-state index in [1.807, 2.05) is 32.9 Å². The van der Waals surface area contributed by atoms with Crippen molar-refractivity contribution in [2.45, 2.75) is 59.5 Å². The molecule has 2 aromatic carbocycles. The van der Waals surface area contributed by atoms with Crippen LogP contribution < -0.4 is 10.1 Å². The van der Waals surface area contributed by atoms with Crippen LogP contribution in [0.25, 0.3) is 0 Å². The number of rotatable bonds is 11. The van der Waals surface area contributed by atoms with Gasteiger partial charge in [-0.05, 0) is 67.6 Å². The second-order valence-corrected chi connectivity index (χ2v) is 8.69. The molecule has 7 heteroatoms. The van der Waals surface area contributed by atoms with Crippen molar-refractivity contribution >= 4 is 35.0 Å². The number of nitrogens with one attached hydrogen (secondary N) is 1. The first-order valence-electron chi connectivity index (χ1n) is 11.0. The van der Waals surface area contributed by atoms with Gasteiger partial charge in [-0.1, -0.05) is 55.6 Å². The third kappa shape index (κ3) is 7.42. The Hall–Kier alpha value is -2.24. The van der Waals surface area contributed by atoms with E-state index in [1.54, 1.807) is 29.2 Å². The van der Waals surface area contributed by atoms with Crippen molar-refractivity contribution in [3.8, 4) is 5.75 Å². The van der Waals surface area contributed by atoms with Gasteiger partial charge in [0.25, 0.3) is 5.91 Å². The molecule has 0 bridgehead atoms. The van der Waals surface area contributed by atoms with E-state index in [0.717, 1.165) is 29.5 Å². The fourth-order valence-electron chi connectivity index (χ4n) is 3.43. The van der Waals surface area contributed by atoms with Crippen LogP contribution in [0, 0.1) is 13.8 Å². The molecule has 2 aromatic rings. The van der Waals surface area contributed by atoms with Gasteiger partial charge < -0.3 is 15.0 Å². The zero-order chi connectivity index (χ0) is 23.7. The number of aryl methyl sites for hydroxylation is 2. The van der Waals surface area contributed by atoms with Gasteiger partial charge in [-0.25, -0.2) is 0 Å². The van der Waals surface area contributed by atoms with Crippen LogP contribution in [0.4, 0.5) is 0 Å². The second-order valence-electron chi connectivity index (χ2n) is 7.88. The molecule has 5 nitrogen and oxygen atoms in total. The number of ether oxygens (including phenoxy) is 1. The first-order chi connectivity index (χ1) is 15.3. The van der Waals surface area contributed by atoms with Crippen molar-refractivity contribution in [2.75, 3.05) is 13.2 Å². The number of benzene rings is 2. The Morgan fingerprint density at radius 3 is 2.25 bits per heavy atom. The van der Waals surface area contributed by atoms with Crippen molar-refractivity contribution in [3.05, 3.63) is 63.1 Å². The summed E-state index contributed by atoms with van der Waals surface area (Å²) in [6, 6.07) is 10.3. The molecule has 0 fully saturated rings. The quantitative estimate of drug-likeness (QED) is 0.420. The highest BCUT2D eigenvalue weighted by atomic mass is 35.5. The van der Waals surface area contributed by atoms with E-state index >= 15 is 0 Å². The molecule has 174 valence electrons. The SMILES string of the molecule is CCCCNC(=O)[C@H](CC)N(Cc1ccc(Cl)cc1)C(=O)COc1cc(C)c(Cl)c(C)c1. The maximum absolute atomic E-state index is 13.2. The largest absolute Gasteiger partial charge is 0.484 e. The van der Waals surface area contributed by atoms with Gasteiger partial charge in [0.1, 0.15) is 11.8 Å². The van der Waals surface area contributed by atoms with E-state index in [0.29, 0.717) is 28.8 Å². The molecular formula is C25H32Cl2N2O3. The zero-order valence-corrected chi connectivity index (χ0v) is 20.7. The van der Waals surface area contributed by atoms with Gasteiger partial charge in [0, 0.05) is 23.1 Å². The smallest absolute Gasteiger partial charge is 0.261 e. The van der Waals surface area contributed by atoms with Crippen LogP contribution in [-0.4, -0.2) is 35.9 Å². The molecule has 0 unspecified atom stereocenters. The van der Waals surface area contributed by atoms with Gasteiger partial charge in [-0.3, -0.25) is 9.59 Å². The van der Waals surface area contributed by atoms with Gasteiger partial charge in [0.15, 0.2) is 6.61 Å². The summed E-state index contributed by atoms with van der Waals surface area (Å²) in [6.45, 7) is 8.46. The molecule has 2 amide bonds. The van der Waals surface area contributed by atoms with E-state index in [-0.39, 0.29) is 25.0 Å². The maximum Gasteiger partial charge on any atom is 0.261 e. The summed E-state index contributed by atoms with van der Waals surface area (Å²) < 4.78 is 5.79. The fraction of sp³-hybridized carbons (Fsp3) is 0.440. The molecule has 0 saturated heterocycles. The molecule has 0 saturated carbocycles. The Bertz CT molecular complexity index is 893. The van der Waals surface area contributed by atoms with Crippen molar-refractivity contribution in [2.24, 2.45) is 0 Å². The number of nitrogens with zero attached hydrogens (tertiary/aromatic N) is 1. The third-order valence-electron chi connectivity index (χ3n) is 5.25. The molecule has 0 aromatic heterocycles. The van der Waals surface area contributed by atoms with Crippen LogP contribution in [0.3, 0.4) is 0 Å². The minimum atomic E-state index is -0.590. The lowest BCUT2D eigenvalue weighted by Crippen LogP contribution is -2.50. The van der Waals surface area contributed by atoms with E-state index in [9.17, 15) is 9.59 Å². The molecule has 0 radical (unpaired) electrons. The van der Waals surface area contributed by atoms with E-state index in [2.05, 4.69) is 12.2 Å². The Balaban J connectivity index is 2.20. The zero-order valence-electron chi connectivity index (χ0n) is 19.2. The third-order valence-corrected chi connectivity index (χ3v) is 6.10.